The fourth-order valence-corrected chi connectivity index (χ4v) is 3.57. The summed E-state index contributed by atoms with van der Waals surface area (Å²) in [4.78, 5) is 12.9. The van der Waals surface area contributed by atoms with Crippen LogP contribution in [0.1, 0.15) is 23.3 Å². The molecule has 1 aliphatic carbocycles. The van der Waals surface area contributed by atoms with Crippen LogP contribution in [0.5, 0.6) is 0 Å². The zero-order chi connectivity index (χ0) is 15.3. The molecule has 1 saturated carbocycles. The summed E-state index contributed by atoms with van der Waals surface area (Å²) in [6.07, 6.45) is 0.0681. The van der Waals surface area contributed by atoms with E-state index in [2.05, 4.69) is 10.6 Å². The third-order valence-electron chi connectivity index (χ3n) is 4.21. The number of alkyl halides is 2. The van der Waals surface area contributed by atoms with Crippen LogP contribution in [-0.4, -0.2) is 30.3 Å². The van der Waals surface area contributed by atoms with Gasteiger partial charge in [0.05, 0.1) is 18.0 Å². The Morgan fingerprint density at radius 2 is 2.33 bits per heavy atom. The van der Waals surface area contributed by atoms with Gasteiger partial charge in [-0.1, -0.05) is 0 Å². The summed E-state index contributed by atoms with van der Waals surface area (Å²) in [7, 11) is 0. The highest BCUT2D eigenvalue weighted by Gasteiger charge is 2.73. The number of nitrogens with two attached hydrogens (primary N) is 1. The molecule has 0 bridgehead atoms. The summed E-state index contributed by atoms with van der Waals surface area (Å²) < 4.78 is 26.5. The van der Waals surface area contributed by atoms with E-state index in [0.717, 1.165) is 4.88 Å². The molecular formula is C13H16F2N4OS. The Bertz CT molecular complexity index is 603. The number of nitrogens with one attached hydrogen (secondary N) is 3. The first-order valence-corrected chi connectivity index (χ1v) is 7.52. The quantitative estimate of drug-likeness (QED) is 0.494. The van der Waals surface area contributed by atoms with Crippen LogP contribution in [0.25, 0.3) is 0 Å². The van der Waals surface area contributed by atoms with Crippen molar-refractivity contribution < 1.29 is 13.6 Å². The van der Waals surface area contributed by atoms with Crippen LogP contribution in [0.3, 0.4) is 0 Å². The number of amidine groups is 1. The fraction of sp³-hybridized carbons (Fsp3) is 0.538. The molecular weight excluding hydrogens is 298 g/mol. The zero-order valence-corrected chi connectivity index (χ0v) is 12.0. The molecule has 2 atom stereocenters. The number of carbonyl (C=O) groups is 1. The molecule has 1 aromatic rings. The summed E-state index contributed by atoms with van der Waals surface area (Å²) in [5, 5.41) is 14.7. The van der Waals surface area contributed by atoms with Crippen molar-refractivity contribution in [2.24, 2.45) is 11.1 Å². The SMILES string of the molecule is N=C(N)c1csc(CNC(=O)[C@@H]2C[C@@]3(CN2)CC3(F)F)c1. The lowest BCUT2D eigenvalue weighted by Gasteiger charge is -2.10. The van der Waals surface area contributed by atoms with Crippen molar-refractivity contribution in [2.75, 3.05) is 6.54 Å². The lowest BCUT2D eigenvalue weighted by Crippen LogP contribution is -2.39. The minimum Gasteiger partial charge on any atom is -0.384 e. The second-order valence-electron chi connectivity index (χ2n) is 5.73. The van der Waals surface area contributed by atoms with Crippen molar-refractivity contribution in [3.8, 4) is 0 Å². The van der Waals surface area contributed by atoms with Gasteiger partial charge in [0.25, 0.3) is 5.92 Å². The van der Waals surface area contributed by atoms with Crippen LogP contribution in [0.15, 0.2) is 11.4 Å². The summed E-state index contributed by atoms with van der Waals surface area (Å²) in [5.41, 5.74) is 4.99. The van der Waals surface area contributed by atoms with E-state index in [1.165, 1.54) is 11.3 Å². The maximum absolute atomic E-state index is 13.3. The van der Waals surface area contributed by atoms with E-state index in [1.807, 2.05) is 0 Å². The molecule has 1 amide bonds. The number of amides is 1. The first-order chi connectivity index (χ1) is 9.83. The molecule has 5 N–H and O–H groups in total. The van der Waals surface area contributed by atoms with Crippen LogP contribution in [0.4, 0.5) is 8.78 Å². The Kier molecular flexibility index (Phi) is 3.25. The van der Waals surface area contributed by atoms with E-state index in [9.17, 15) is 13.6 Å². The lowest BCUT2D eigenvalue weighted by molar-refractivity contribution is -0.123. The van der Waals surface area contributed by atoms with E-state index in [1.54, 1.807) is 11.4 Å². The first kappa shape index (κ1) is 14.4. The maximum Gasteiger partial charge on any atom is 0.255 e. The van der Waals surface area contributed by atoms with Gasteiger partial charge in [-0.05, 0) is 12.5 Å². The average Bonchev–Trinajstić information content (AvgIpc) is 2.85. The van der Waals surface area contributed by atoms with Gasteiger partial charge in [-0.2, -0.15) is 0 Å². The maximum atomic E-state index is 13.3. The molecule has 0 unspecified atom stereocenters. The van der Waals surface area contributed by atoms with Gasteiger partial charge in [0.15, 0.2) is 0 Å². The Morgan fingerprint density at radius 3 is 2.86 bits per heavy atom. The number of nitrogen functional groups attached to an aromatic ring is 1. The second-order valence-corrected chi connectivity index (χ2v) is 6.73. The molecule has 8 heteroatoms. The molecule has 3 rings (SSSR count). The monoisotopic (exact) mass is 314 g/mol. The summed E-state index contributed by atoms with van der Waals surface area (Å²) >= 11 is 1.40. The number of hydrogen-bond acceptors (Lipinski definition) is 4. The van der Waals surface area contributed by atoms with Crippen molar-refractivity contribution in [3.63, 3.8) is 0 Å². The molecule has 1 aliphatic heterocycles. The molecule has 1 saturated heterocycles. The summed E-state index contributed by atoms with van der Waals surface area (Å²) in [6, 6.07) is 1.19. The van der Waals surface area contributed by atoms with Gasteiger partial charge in [-0.3, -0.25) is 10.2 Å². The Labute approximate surface area is 124 Å². The van der Waals surface area contributed by atoms with Crippen LogP contribution < -0.4 is 16.4 Å². The number of thiophene rings is 1. The van der Waals surface area contributed by atoms with E-state index < -0.39 is 17.4 Å². The molecule has 2 aliphatic rings. The van der Waals surface area contributed by atoms with Crippen molar-refractivity contribution >= 4 is 23.1 Å². The van der Waals surface area contributed by atoms with E-state index in [0.29, 0.717) is 12.1 Å². The van der Waals surface area contributed by atoms with E-state index in [-0.39, 0.29) is 31.1 Å². The molecule has 0 radical (unpaired) electrons. The molecule has 21 heavy (non-hydrogen) atoms. The van der Waals surface area contributed by atoms with Crippen LogP contribution in [0, 0.1) is 10.8 Å². The van der Waals surface area contributed by atoms with Gasteiger partial charge in [0.1, 0.15) is 5.84 Å². The van der Waals surface area contributed by atoms with Crippen LogP contribution >= 0.6 is 11.3 Å². The van der Waals surface area contributed by atoms with E-state index >= 15 is 0 Å². The summed E-state index contributed by atoms with van der Waals surface area (Å²) in [6.45, 7) is 0.518. The molecule has 0 aromatic carbocycles. The fourth-order valence-electron chi connectivity index (χ4n) is 2.75. The molecule has 5 nitrogen and oxygen atoms in total. The molecule has 1 aromatic heterocycles. The Hall–Kier alpha value is -1.54. The Morgan fingerprint density at radius 1 is 1.62 bits per heavy atom. The minimum atomic E-state index is -2.63. The highest BCUT2D eigenvalue weighted by Crippen LogP contribution is 2.64. The predicted molar refractivity (Wildman–Crippen MR) is 75.6 cm³/mol. The van der Waals surface area contributed by atoms with E-state index in [4.69, 9.17) is 11.1 Å². The topological polar surface area (TPSA) is 91.0 Å². The largest absolute Gasteiger partial charge is 0.384 e. The number of halogens is 2. The highest BCUT2D eigenvalue weighted by molar-refractivity contribution is 7.10. The van der Waals surface area contributed by atoms with Crippen molar-refractivity contribution in [3.05, 3.63) is 21.9 Å². The standard InChI is InChI=1S/C13H16F2N4OS/c14-13(15)5-12(13)2-9(19-6-12)11(20)18-3-8-1-7(4-21-8)10(16)17/h1,4,9,19H,2-3,5-6H2,(H3,16,17)(H,18,20)/t9-,12-/m0/s1. The summed E-state index contributed by atoms with van der Waals surface area (Å²) in [5.74, 6) is -2.90. The molecule has 1 spiro atoms. The van der Waals surface area contributed by atoms with Gasteiger partial charge in [-0.15, -0.1) is 11.3 Å². The zero-order valence-electron chi connectivity index (χ0n) is 11.2. The third kappa shape index (κ3) is 2.53. The second kappa shape index (κ2) is 4.74. The van der Waals surface area contributed by atoms with Gasteiger partial charge >= 0.3 is 0 Å². The minimum absolute atomic E-state index is 0.0146. The van der Waals surface area contributed by atoms with Gasteiger partial charge in [0, 0.05) is 28.8 Å². The number of rotatable bonds is 4. The first-order valence-electron chi connectivity index (χ1n) is 6.64. The molecule has 2 heterocycles. The lowest BCUT2D eigenvalue weighted by atomic mass is 10.0. The van der Waals surface area contributed by atoms with Gasteiger partial charge in [-0.25, -0.2) is 8.78 Å². The highest BCUT2D eigenvalue weighted by atomic mass is 32.1. The molecule has 114 valence electrons. The Balaban J connectivity index is 1.52. The van der Waals surface area contributed by atoms with Gasteiger partial charge < -0.3 is 16.4 Å². The van der Waals surface area contributed by atoms with Gasteiger partial charge in [0.2, 0.25) is 5.91 Å². The third-order valence-corrected chi connectivity index (χ3v) is 5.15. The van der Waals surface area contributed by atoms with Crippen molar-refractivity contribution in [1.29, 1.82) is 5.41 Å². The normalized spacial score (nSPS) is 29.5. The van der Waals surface area contributed by atoms with Crippen LogP contribution in [0.2, 0.25) is 0 Å². The molecule has 2 fully saturated rings. The van der Waals surface area contributed by atoms with Crippen LogP contribution in [-0.2, 0) is 11.3 Å². The number of carbonyl (C=O) groups excluding carboxylic acids is 1. The average molecular weight is 314 g/mol. The number of hydrogen-bond donors (Lipinski definition) is 4. The van der Waals surface area contributed by atoms with Crippen molar-refractivity contribution in [2.45, 2.75) is 31.4 Å². The van der Waals surface area contributed by atoms with Crippen molar-refractivity contribution in [1.82, 2.24) is 10.6 Å². The smallest absolute Gasteiger partial charge is 0.255 e. The predicted octanol–water partition coefficient (Wildman–Crippen LogP) is 1.04.